The van der Waals surface area contributed by atoms with Gasteiger partial charge in [-0.15, -0.1) is 0 Å². The molecule has 0 aliphatic heterocycles. The number of halogens is 1. The summed E-state index contributed by atoms with van der Waals surface area (Å²) in [6.45, 7) is 1.96. The number of hydrogen-bond acceptors (Lipinski definition) is 5. The van der Waals surface area contributed by atoms with Crippen LogP contribution in [0.2, 0.25) is 5.02 Å². The van der Waals surface area contributed by atoms with Crippen molar-refractivity contribution in [1.82, 2.24) is 4.67 Å². The highest BCUT2D eigenvalue weighted by atomic mass is 35.5. The number of fused-ring (bicyclic) bond motifs is 2. The van der Waals surface area contributed by atoms with E-state index in [4.69, 9.17) is 25.1 Å². The number of rotatable bonds is 5. The van der Waals surface area contributed by atoms with Crippen LogP contribution < -0.4 is 9.95 Å². The first kappa shape index (κ1) is 18.0. The molecule has 1 aromatic heterocycles. The number of nitrogens with zero attached hydrogens (tertiary/aromatic N) is 1. The van der Waals surface area contributed by atoms with Gasteiger partial charge in [0, 0.05) is 0 Å². The van der Waals surface area contributed by atoms with Gasteiger partial charge in [-0.3, -0.25) is 9.32 Å². The van der Waals surface area contributed by atoms with E-state index in [0.717, 1.165) is 0 Å². The van der Waals surface area contributed by atoms with Gasteiger partial charge in [0.15, 0.2) is 5.58 Å². The van der Waals surface area contributed by atoms with Gasteiger partial charge in [-0.2, -0.15) is 0 Å². The van der Waals surface area contributed by atoms with Crippen LogP contribution >= 0.6 is 19.3 Å². The Morgan fingerprint density at radius 3 is 2.64 bits per heavy atom. The van der Waals surface area contributed by atoms with E-state index in [0.29, 0.717) is 27.0 Å². The monoisotopic (exact) mass is 381 g/mol. The molecule has 3 rings (SSSR count). The Kier molecular flexibility index (Phi) is 4.89. The topological polar surface area (TPSA) is 69.0 Å². The average Bonchev–Trinajstić information content (AvgIpc) is 2.57. The summed E-state index contributed by atoms with van der Waals surface area (Å²) in [5.41, 5.74) is 0.470. The van der Waals surface area contributed by atoms with Crippen molar-refractivity contribution in [3.8, 4) is 5.75 Å². The summed E-state index contributed by atoms with van der Waals surface area (Å²) in [7, 11) is -0.286. The van der Waals surface area contributed by atoms with Gasteiger partial charge in [-0.1, -0.05) is 17.7 Å². The lowest BCUT2D eigenvalue weighted by Crippen LogP contribution is -2.15. The molecule has 8 heteroatoms. The van der Waals surface area contributed by atoms with Crippen molar-refractivity contribution in [2.24, 2.45) is 0 Å². The van der Waals surface area contributed by atoms with E-state index in [1.54, 1.807) is 51.4 Å². The molecule has 0 radical (unpaired) electrons. The molecule has 0 spiro atoms. The molecule has 0 bridgehead atoms. The lowest BCUT2D eigenvalue weighted by Gasteiger charge is -2.23. The fourth-order valence-corrected chi connectivity index (χ4v) is 3.76. The van der Waals surface area contributed by atoms with Crippen LogP contribution in [-0.2, 0) is 9.09 Å². The highest BCUT2D eigenvalue weighted by Gasteiger charge is 2.29. The van der Waals surface area contributed by atoms with Crippen molar-refractivity contribution in [3.05, 3.63) is 51.6 Å². The maximum atomic E-state index is 12.7. The molecule has 0 saturated carbocycles. The molecule has 1 heterocycles. The van der Waals surface area contributed by atoms with Gasteiger partial charge in [-0.05, 0) is 51.4 Å². The van der Waals surface area contributed by atoms with Crippen LogP contribution in [0.25, 0.3) is 21.9 Å². The third-order valence-corrected chi connectivity index (χ3v) is 5.93. The first-order valence-corrected chi connectivity index (χ1v) is 9.50. The second-order valence-corrected chi connectivity index (χ2v) is 8.12. The largest absolute Gasteiger partial charge is 0.460 e. The zero-order chi connectivity index (χ0) is 18.2. The molecule has 6 nitrogen and oxygen atoms in total. The highest BCUT2D eigenvalue weighted by Crippen LogP contribution is 2.50. The average molecular weight is 382 g/mol. The Balaban J connectivity index is 2.14. The fourth-order valence-electron chi connectivity index (χ4n) is 2.40. The predicted octanol–water partition coefficient (Wildman–Crippen LogP) is 4.68. The summed E-state index contributed by atoms with van der Waals surface area (Å²) in [5.74, 6) is 0.256. The molecule has 132 valence electrons. The minimum Gasteiger partial charge on any atom is -0.454 e. The van der Waals surface area contributed by atoms with Gasteiger partial charge < -0.3 is 8.94 Å². The van der Waals surface area contributed by atoms with Crippen LogP contribution in [0.4, 0.5) is 0 Å². The highest BCUT2D eigenvalue weighted by molar-refractivity contribution is 7.51. The Bertz CT molecular complexity index is 1050. The van der Waals surface area contributed by atoms with Crippen molar-refractivity contribution in [1.29, 1.82) is 0 Å². The van der Waals surface area contributed by atoms with Crippen LogP contribution in [0.15, 0.2) is 45.6 Å². The van der Waals surface area contributed by atoms with Crippen LogP contribution in [0.3, 0.4) is 0 Å². The molecule has 0 fully saturated rings. The van der Waals surface area contributed by atoms with Crippen LogP contribution in [-0.4, -0.2) is 25.4 Å². The molecular weight excluding hydrogens is 365 g/mol. The second-order valence-electron chi connectivity index (χ2n) is 5.53. The lowest BCUT2D eigenvalue weighted by atomic mass is 10.1. The molecule has 0 aliphatic rings. The van der Waals surface area contributed by atoms with Gasteiger partial charge in [0.1, 0.15) is 11.3 Å². The van der Waals surface area contributed by atoms with Crippen LogP contribution in [0, 0.1) is 0 Å². The smallest absolute Gasteiger partial charge is 0.454 e. The molecule has 0 amide bonds. The van der Waals surface area contributed by atoms with E-state index in [9.17, 15) is 9.36 Å². The zero-order valence-corrected chi connectivity index (χ0v) is 15.6. The Hall–Kier alpha value is -1.85. The van der Waals surface area contributed by atoms with Crippen molar-refractivity contribution in [2.75, 3.05) is 20.7 Å². The summed E-state index contributed by atoms with van der Waals surface area (Å²) >= 11 is 6.10. The quantitative estimate of drug-likeness (QED) is 0.472. The second kappa shape index (κ2) is 6.81. The molecule has 1 unspecified atom stereocenters. The van der Waals surface area contributed by atoms with Crippen molar-refractivity contribution in [2.45, 2.75) is 6.92 Å². The maximum Gasteiger partial charge on any atom is 0.460 e. The van der Waals surface area contributed by atoms with Gasteiger partial charge in [0.25, 0.3) is 0 Å². The summed E-state index contributed by atoms with van der Waals surface area (Å²) in [4.78, 5) is 12.7. The third-order valence-electron chi connectivity index (χ3n) is 3.62. The first-order chi connectivity index (χ1) is 11.9. The van der Waals surface area contributed by atoms with E-state index in [1.165, 1.54) is 10.7 Å². The van der Waals surface area contributed by atoms with Crippen molar-refractivity contribution in [3.63, 3.8) is 0 Å². The molecule has 3 aromatic rings. The van der Waals surface area contributed by atoms with E-state index in [1.807, 2.05) is 0 Å². The summed E-state index contributed by atoms with van der Waals surface area (Å²) in [5, 5.41) is 1.05. The summed E-state index contributed by atoms with van der Waals surface area (Å²) in [6, 6.07) is 9.64. The normalized spacial score (nSPS) is 14.1. The van der Waals surface area contributed by atoms with Gasteiger partial charge >= 0.3 is 7.75 Å². The minimum absolute atomic E-state index is 0.230. The fraction of sp³-hybridized carbons (Fsp3) is 0.235. The van der Waals surface area contributed by atoms with Gasteiger partial charge in [0.2, 0.25) is 5.43 Å². The zero-order valence-electron chi connectivity index (χ0n) is 14.0. The van der Waals surface area contributed by atoms with Crippen molar-refractivity contribution < 1.29 is 18.0 Å². The van der Waals surface area contributed by atoms with Crippen LogP contribution in [0.5, 0.6) is 5.75 Å². The predicted molar refractivity (Wildman–Crippen MR) is 98.5 cm³/mol. The SMILES string of the molecule is CCOP(=O)(Oc1ccc2oc3c(Cl)cccc3c(=O)c2c1)N(C)C. The third kappa shape index (κ3) is 3.31. The van der Waals surface area contributed by atoms with E-state index in [-0.39, 0.29) is 17.8 Å². The number of para-hydroxylation sites is 1. The lowest BCUT2D eigenvalue weighted by molar-refractivity contribution is 0.239. The van der Waals surface area contributed by atoms with Crippen molar-refractivity contribution >= 4 is 41.3 Å². The van der Waals surface area contributed by atoms with Gasteiger partial charge in [-0.25, -0.2) is 9.24 Å². The molecule has 0 saturated heterocycles. The van der Waals surface area contributed by atoms with E-state index < -0.39 is 7.75 Å². The minimum atomic E-state index is -3.48. The summed E-state index contributed by atoms with van der Waals surface area (Å²) < 4.78 is 30.7. The maximum absolute atomic E-state index is 12.7. The molecule has 1 atom stereocenters. The van der Waals surface area contributed by atoms with E-state index in [2.05, 4.69) is 0 Å². The summed E-state index contributed by atoms with van der Waals surface area (Å²) in [6.07, 6.45) is 0. The van der Waals surface area contributed by atoms with E-state index >= 15 is 0 Å². The molecular formula is C17H17ClNO5P. The standard InChI is InChI=1S/C17H17ClNO5P/c1-4-22-25(21,19(2)3)24-11-8-9-15-13(10-11)16(20)12-6-5-7-14(18)17(12)23-15/h5-10H,4H2,1-3H3. The Morgan fingerprint density at radius 2 is 1.96 bits per heavy atom. The molecule has 0 aliphatic carbocycles. The number of hydrogen-bond donors (Lipinski definition) is 0. The Morgan fingerprint density at radius 1 is 1.20 bits per heavy atom. The molecule has 25 heavy (non-hydrogen) atoms. The first-order valence-electron chi connectivity index (χ1n) is 7.63. The Labute approximate surface area is 149 Å². The van der Waals surface area contributed by atoms with Gasteiger partial charge in [0.05, 0.1) is 22.4 Å². The molecule has 2 aromatic carbocycles. The number of benzene rings is 2. The van der Waals surface area contributed by atoms with Crippen LogP contribution in [0.1, 0.15) is 6.92 Å². The molecule has 0 N–H and O–H groups in total.